The Labute approximate surface area is 239 Å². The molecule has 3 unspecified atom stereocenters. The molecule has 0 fully saturated rings. The van der Waals surface area contributed by atoms with Gasteiger partial charge in [0.25, 0.3) is 0 Å². The van der Waals surface area contributed by atoms with Gasteiger partial charge < -0.3 is 21.1 Å². The van der Waals surface area contributed by atoms with Crippen LogP contribution in [0.4, 0.5) is 0 Å². The Hall–Kier alpha value is -0.760. The van der Waals surface area contributed by atoms with Crippen molar-refractivity contribution < 1.29 is 28.4 Å². The molecule has 3 atom stereocenters. The van der Waals surface area contributed by atoms with Gasteiger partial charge in [0.05, 0.1) is 25.4 Å². The van der Waals surface area contributed by atoms with Gasteiger partial charge in [-0.2, -0.15) is 0 Å². The van der Waals surface area contributed by atoms with Crippen LogP contribution in [0.25, 0.3) is 0 Å². The van der Waals surface area contributed by atoms with Crippen molar-refractivity contribution in [3.8, 4) is 0 Å². The normalized spacial score (nSPS) is 14.9. The van der Waals surface area contributed by atoms with Crippen LogP contribution in [0.2, 0.25) is 0 Å². The summed E-state index contributed by atoms with van der Waals surface area (Å²) in [6.07, 6.45) is 25.5. The van der Waals surface area contributed by atoms with Gasteiger partial charge in [0.15, 0.2) is 0 Å². The molecule has 232 valence electrons. The van der Waals surface area contributed by atoms with Crippen LogP contribution in [0.15, 0.2) is 12.2 Å². The molecule has 0 radical (unpaired) electrons. The van der Waals surface area contributed by atoms with E-state index in [9.17, 15) is 19.4 Å². The first-order valence-electron chi connectivity index (χ1n) is 15.8. The Morgan fingerprint density at radius 3 is 1.82 bits per heavy atom. The van der Waals surface area contributed by atoms with Crippen molar-refractivity contribution in [3.05, 3.63) is 12.2 Å². The summed E-state index contributed by atoms with van der Waals surface area (Å²) in [5, 5.41) is 13.4. The summed E-state index contributed by atoms with van der Waals surface area (Å²) < 4.78 is 21.8. The van der Waals surface area contributed by atoms with Gasteiger partial charge in [0.1, 0.15) is 0 Å². The molecule has 9 heteroatoms. The van der Waals surface area contributed by atoms with Crippen molar-refractivity contribution >= 4 is 13.7 Å². The van der Waals surface area contributed by atoms with Crippen LogP contribution in [0, 0.1) is 0 Å². The second-order valence-electron chi connectivity index (χ2n) is 10.7. The lowest BCUT2D eigenvalue weighted by Crippen LogP contribution is -2.45. The van der Waals surface area contributed by atoms with E-state index >= 15 is 0 Å². The minimum atomic E-state index is -4.31. The fraction of sp³-hybridized carbons (Fsp3) is 0.900. The molecule has 0 aliphatic rings. The van der Waals surface area contributed by atoms with Gasteiger partial charge in [0, 0.05) is 13.0 Å². The average Bonchev–Trinajstić information content (AvgIpc) is 2.91. The van der Waals surface area contributed by atoms with Crippen molar-refractivity contribution in [3.63, 3.8) is 0 Å². The number of hydrogen-bond acceptors (Lipinski definition) is 6. The maximum atomic E-state index is 12.6. The summed E-state index contributed by atoms with van der Waals surface area (Å²) in [4.78, 5) is 22.4. The summed E-state index contributed by atoms with van der Waals surface area (Å²) in [6, 6.07) is -0.849. The lowest BCUT2D eigenvalue weighted by Gasteiger charge is -2.23. The Morgan fingerprint density at radius 1 is 0.821 bits per heavy atom. The van der Waals surface area contributed by atoms with Crippen molar-refractivity contribution in [1.82, 2.24) is 5.32 Å². The number of carbonyl (C=O) groups excluding carboxylic acids is 1. The number of nitrogens with two attached hydrogens (primary N) is 1. The summed E-state index contributed by atoms with van der Waals surface area (Å²) in [7, 11) is -4.31. The third kappa shape index (κ3) is 25.9. The molecule has 1 amide bonds. The van der Waals surface area contributed by atoms with Gasteiger partial charge in [-0.15, -0.1) is 0 Å². The van der Waals surface area contributed by atoms with Gasteiger partial charge >= 0.3 is 7.82 Å². The van der Waals surface area contributed by atoms with Crippen LogP contribution < -0.4 is 11.1 Å². The Bertz CT molecular complexity index is 635. The fourth-order valence-electron chi connectivity index (χ4n) is 4.42. The first-order valence-corrected chi connectivity index (χ1v) is 17.3. The highest BCUT2D eigenvalue weighted by Gasteiger charge is 2.26. The van der Waals surface area contributed by atoms with E-state index in [1.54, 1.807) is 6.08 Å². The molecule has 0 aromatic rings. The molecule has 0 spiro atoms. The molecular formula is C30H61N2O6P. The van der Waals surface area contributed by atoms with Crippen LogP contribution in [0.5, 0.6) is 0 Å². The van der Waals surface area contributed by atoms with Crippen molar-refractivity contribution in [2.75, 3.05) is 19.8 Å². The van der Waals surface area contributed by atoms with Gasteiger partial charge in [-0.25, -0.2) is 4.57 Å². The smallest absolute Gasteiger partial charge is 0.387 e. The summed E-state index contributed by atoms with van der Waals surface area (Å²) in [5.41, 5.74) is 5.32. The first kappa shape index (κ1) is 38.2. The van der Waals surface area contributed by atoms with Crippen molar-refractivity contribution in [1.29, 1.82) is 0 Å². The highest BCUT2D eigenvalue weighted by Crippen LogP contribution is 2.43. The van der Waals surface area contributed by atoms with E-state index in [-0.39, 0.29) is 25.7 Å². The monoisotopic (exact) mass is 576 g/mol. The van der Waals surface area contributed by atoms with Crippen molar-refractivity contribution in [2.45, 2.75) is 154 Å². The number of amides is 1. The van der Waals surface area contributed by atoms with Crippen LogP contribution >= 0.6 is 7.82 Å². The number of unbranched alkanes of at least 4 members (excludes halogenated alkanes) is 17. The number of allylic oxidation sites excluding steroid dienone is 1. The van der Waals surface area contributed by atoms with E-state index in [0.717, 1.165) is 38.5 Å². The quantitative estimate of drug-likeness (QED) is 0.0417. The van der Waals surface area contributed by atoms with Gasteiger partial charge in [-0.1, -0.05) is 129 Å². The topological polar surface area (TPSA) is 131 Å². The molecule has 0 aromatic carbocycles. The summed E-state index contributed by atoms with van der Waals surface area (Å²) in [6.45, 7) is 4.06. The third-order valence-electron chi connectivity index (χ3n) is 6.86. The standard InChI is InChI=1S/C30H61N2O6P/c1-3-5-7-9-11-13-14-15-16-18-20-22-24-30(34)32-28(27-38-39(35,36)37-26-25-31)29(33)23-21-19-17-12-10-8-6-4-2/h21,23,28-29,33H,3-20,22,24-27,31H2,1-2H3,(H,32,34)(H,35,36)/b23-21+. The zero-order valence-corrected chi connectivity index (χ0v) is 26.0. The van der Waals surface area contributed by atoms with E-state index in [0.29, 0.717) is 6.42 Å². The Morgan fingerprint density at radius 2 is 1.31 bits per heavy atom. The van der Waals surface area contributed by atoms with Gasteiger partial charge in [-0.05, 0) is 19.3 Å². The molecule has 0 aliphatic carbocycles. The number of phosphoric acid groups is 1. The molecule has 0 aromatic heterocycles. The summed E-state index contributed by atoms with van der Waals surface area (Å²) in [5.74, 6) is -0.199. The van der Waals surface area contributed by atoms with Crippen LogP contribution in [-0.4, -0.2) is 47.8 Å². The zero-order chi connectivity index (χ0) is 29.0. The molecule has 0 aliphatic heterocycles. The second-order valence-corrected chi connectivity index (χ2v) is 12.1. The number of aliphatic hydroxyl groups excluding tert-OH is 1. The van der Waals surface area contributed by atoms with Gasteiger partial charge in [-0.3, -0.25) is 13.8 Å². The highest BCUT2D eigenvalue weighted by atomic mass is 31.2. The Kier molecular flexibility index (Phi) is 26.9. The predicted octanol–water partition coefficient (Wildman–Crippen LogP) is 7.32. The van der Waals surface area contributed by atoms with E-state index in [4.69, 9.17) is 14.8 Å². The first-order chi connectivity index (χ1) is 18.9. The number of phosphoric ester groups is 1. The molecule has 5 N–H and O–H groups in total. The molecule has 0 rings (SSSR count). The molecule has 0 saturated heterocycles. The number of carbonyl (C=O) groups is 1. The second kappa shape index (κ2) is 27.4. The minimum absolute atomic E-state index is 0.0803. The Balaban J connectivity index is 4.39. The lowest BCUT2D eigenvalue weighted by molar-refractivity contribution is -0.123. The summed E-state index contributed by atoms with van der Waals surface area (Å²) >= 11 is 0. The van der Waals surface area contributed by atoms with E-state index in [2.05, 4.69) is 19.2 Å². The predicted molar refractivity (Wildman–Crippen MR) is 162 cm³/mol. The van der Waals surface area contributed by atoms with E-state index in [1.165, 1.54) is 83.5 Å². The zero-order valence-electron chi connectivity index (χ0n) is 25.1. The molecule has 0 bridgehead atoms. The van der Waals surface area contributed by atoms with Crippen molar-refractivity contribution in [2.24, 2.45) is 5.73 Å². The molecule has 39 heavy (non-hydrogen) atoms. The van der Waals surface area contributed by atoms with Crippen LogP contribution in [0.3, 0.4) is 0 Å². The van der Waals surface area contributed by atoms with Gasteiger partial charge in [0.2, 0.25) is 5.91 Å². The minimum Gasteiger partial charge on any atom is -0.387 e. The largest absolute Gasteiger partial charge is 0.472 e. The third-order valence-corrected chi connectivity index (χ3v) is 7.85. The maximum absolute atomic E-state index is 12.6. The molecule has 0 heterocycles. The SMILES string of the molecule is CCCCCCCC/C=C/C(O)C(COP(=O)(O)OCCN)NC(=O)CCCCCCCCCCCCCC. The van der Waals surface area contributed by atoms with Crippen LogP contribution in [0.1, 0.15) is 142 Å². The lowest BCUT2D eigenvalue weighted by atomic mass is 10.0. The number of nitrogens with one attached hydrogen (secondary N) is 1. The number of hydrogen-bond donors (Lipinski definition) is 4. The van der Waals surface area contributed by atoms with Crippen LogP contribution in [-0.2, 0) is 18.4 Å². The highest BCUT2D eigenvalue weighted by molar-refractivity contribution is 7.47. The molecular weight excluding hydrogens is 515 g/mol. The number of aliphatic hydroxyl groups is 1. The van der Waals surface area contributed by atoms with E-state index < -0.39 is 20.0 Å². The molecule has 0 saturated carbocycles. The average molecular weight is 577 g/mol. The number of rotatable bonds is 29. The maximum Gasteiger partial charge on any atom is 0.472 e. The fourth-order valence-corrected chi connectivity index (χ4v) is 5.18. The molecule has 8 nitrogen and oxygen atoms in total. The van der Waals surface area contributed by atoms with E-state index in [1.807, 2.05) is 6.08 Å².